The first-order chi connectivity index (χ1) is 9.53. The van der Waals surface area contributed by atoms with Crippen LogP contribution in [0.2, 0.25) is 27.3 Å². The molecule has 1 nitrogen and oxygen atoms in total. The monoisotopic (exact) mass is 406 g/mol. The van der Waals surface area contributed by atoms with Gasteiger partial charge < -0.3 is 0 Å². The van der Waals surface area contributed by atoms with Crippen LogP contribution in [0.15, 0.2) is 0 Å². The number of unbranched alkanes of at least 4 members (excludes halogenated alkanes) is 2. The number of rotatable bonds is 13. The second kappa shape index (κ2) is 12.6. The van der Waals surface area contributed by atoms with Gasteiger partial charge in [-0.3, -0.25) is 0 Å². The van der Waals surface area contributed by atoms with Crippen molar-refractivity contribution in [3.8, 4) is 0 Å². The topological polar surface area (TPSA) is 9.23 Å². The first-order valence-electron chi connectivity index (χ1n) is 8.86. The van der Waals surface area contributed by atoms with Crippen molar-refractivity contribution in [3.63, 3.8) is 0 Å². The van der Waals surface area contributed by atoms with Gasteiger partial charge in [-0.2, -0.15) is 0 Å². The Morgan fingerprint density at radius 2 is 1.30 bits per heavy atom. The van der Waals surface area contributed by atoms with Crippen molar-refractivity contribution in [2.24, 2.45) is 0 Å². The molecule has 0 N–H and O–H groups in total. The number of hydrogen-bond donors (Lipinski definition) is 0. The fourth-order valence-electron chi connectivity index (χ4n) is 2.87. The average molecular weight is 404 g/mol. The van der Waals surface area contributed by atoms with Crippen LogP contribution in [0.3, 0.4) is 0 Å². The van der Waals surface area contributed by atoms with Crippen molar-refractivity contribution in [1.29, 1.82) is 0 Å². The Labute approximate surface area is 138 Å². The predicted molar refractivity (Wildman–Crippen MR) is 96.5 cm³/mol. The standard InChI is InChI=1S/C17H38Ge2O/c1-7-11-14-19(15-12-8-2)16-13-17(9-3,10-4)20-18(5)6/h7-16H2,1-6H3. The van der Waals surface area contributed by atoms with E-state index in [4.69, 9.17) is 3.76 Å². The summed E-state index contributed by atoms with van der Waals surface area (Å²) in [6, 6.07) is 0. The molecule has 0 bridgehead atoms. The van der Waals surface area contributed by atoms with Crippen molar-refractivity contribution in [3.05, 3.63) is 0 Å². The summed E-state index contributed by atoms with van der Waals surface area (Å²) in [6.07, 6.45) is 9.51. The summed E-state index contributed by atoms with van der Waals surface area (Å²) in [7, 11) is 0. The third kappa shape index (κ3) is 9.14. The summed E-state index contributed by atoms with van der Waals surface area (Å²) in [4.78, 5) is 0. The molecule has 0 atom stereocenters. The van der Waals surface area contributed by atoms with Crippen molar-refractivity contribution < 1.29 is 3.76 Å². The molecule has 0 aliphatic heterocycles. The van der Waals surface area contributed by atoms with Gasteiger partial charge in [0.05, 0.1) is 0 Å². The van der Waals surface area contributed by atoms with E-state index in [1.54, 1.807) is 15.8 Å². The molecule has 0 spiro atoms. The van der Waals surface area contributed by atoms with Crippen LogP contribution in [0, 0.1) is 0 Å². The molecule has 0 saturated heterocycles. The zero-order valence-corrected chi connectivity index (χ0v) is 19.2. The molecule has 0 rings (SSSR count). The molecule has 0 aromatic carbocycles. The minimum absolute atomic E-state index is 0.246. The Kier molecular flexibility index (Phi) is 13.2. The van der Waals surface area contributed by atoms with Crippen LogP contribution in [0.1, 0.15) is 72.6 Å². The first-order valence-corrected chi connectivity index (χ1v) is 18.4. The summed E-state index contributed by atoms with van der Waals surface area (Å²) in [5.74, 6) is 4.71. The van der Waals surface area contributed by atoms with Crippen molar-refractivity contribution >= 4 is 29.0 Å². The van der Waals surface area contributed by atoms with Crippen LogP contribution in [-0.2, 0) is 3.76 Å². The van der Waals surface area contributed by atoms with E-state index >= 15 is 0 Å². The number of hydrogen-bond acceptors (Lipinski definition) is 1. The Morgan fingerprint density at radius 1 is 0.800 bits per heavy atom. The first kappa shape index (κ1) is 21.0. The van der Waals surface area contributed by atoms with Crippen LogP contribution in [0.25, 0.3) is 0 Å². The Balaban J connectivity index is 4.43. The van der Waals surface area contributed by atoms with Gasteiger partial charge in [0.25, 0.3) is 0 Å². The minimum atomic E-state index is -1.18. The van der Waals surface area contributed by atoms with E-state index in [1.807, 2.05) is 0 Å². The third-order valence-corrected chi connectivity index (χ3v) is 12.6. The molecule has 0 saturated carbocycles. The Hall–Kier alpha value is 1.05. The molecule has 0 heterocycles. The second-order valence-corrected chi connectivity index (χ2v) is 16.9. The van der Waals surface area contributed by atoms with Gasteiger partial charge in [-0.15, -0.1) is 0 Å². The van der Waals surface area contributed by atoms with Crippen molar-refractivity contribution in [1.82, 2.24) is 0 Å². The predicted octanol–water partition coefficient (Wildman–Crippen LogP) is 6.30. The average Bonchev–Trinajstić information content (AvgIpc) is 2.44. The Morgan fingerprint density at radius 3 is 1.65 bits per heavy atom. The molecule has 0 amide bonds. The van der Waals surface area contributed by atoms with Gasteiger partial charge in [0, 0.05) is 0 Å². The van der Waals surface area contributed by atoms with Crippen molar-refractivity contribution in [2.75, 3.05) is 0 Å². The zero-order valence-electron chi connectivity index (χ0n) is 15.0. The summed E-state index contributed by atoms with van der Waals surface area (Å²) >= 11 is -1.97. The van der Waals surface area contributed by atoms with Gasteiger partial charge in [0.1, 0.15) is 0 Å². The third-order valence-electron chi connectivity index (χ3n) is 4.41. The summed E-state index contributed by atoms with van der Waals surface area (Å²) in [5.41, 5.74) is 0.246. The molecular weight excluding hydrogens is 365 g/mol. The van der Waals surface area contributed by atoms with Gasteiger partial charge >= 0.3 is 138 Å². The molecular formula is C17H38Ge2O. The molecule has 0 aliphatic rings. The zero-order chi connectivity index (χ0) is 15.4. The molecule has 0 unspecified atom stereocenters. The molecule has 0 aromatic heterocycles. The molecule has 120 valence electrons. The van der Waals surface area contributed by atoms with Gasteiger partial charge in [0.15, 0.2) is 0 Å². The molecule has 0 fully saturated rings. The van der Waals surface area contributed by atoms with Crippen LogP contribution in [-0.4, -0.2) is 34.6 Å². The molecule has 20 heavy (non-hydrogen) atoms. The van der Waals surface area contributed by atoms with E-state index in [0.717, 1.165) is 0 Å². The normalized spacial score (nSPS) is 12.6. The quantitative estimate of drug-likeness (QED) is 0.328. The molecule has 0 aliphatic carbocycles. The maximum atomic E-state index is 6.49. The fourth-order valence-corrected chi connectivity index (χ4v) is 12.4. The van der Waals surface area contributed by atoms with Crippen LogP contribution in [0.5, 0.6) is 0 Å². The van der Waals surface area contributed by atoms with E-state index < -0.39 is 29.0 Å². The van der Waals surface area contributed by atoms with Crippen LogP contribution < -0.4 is 0 Å². The summed E-state index contributed by atoms with van der Waals surface area (Å²) in [5, 5.41) is 4.75. The summed E-state index contributed by atoms with van der Waals surface area (Å²) in [6.45, 7) is 9.35. The van der Waals surface area contributed by atoms with E-state index in [-0.39, 0.29) is 5.60 Å². The van der Waals surface area contributed by atoms with E-state index in [1.165, 1.54) is 44.9 Å². The van der Waals surface area contributed by atoms with Crippen molar-refractivity contribution in [2.45, 2.75) is 106 Å². The molecule has 2 radical (unpaired) electrons. The maximum absolute atomic E-state index is 6.49. The van der Waals surface area contributed by atoms with Gasteiger partial charge in [-0.25, -0.2) is 0 Å². The molecule has 0 aromatic rings. The van der Waals surface area contributed by atoms with Gasteiger partial charge in [-0.1, -0.05) is 0 Å². The fraction of sp³-hybridized carbons (Fsp3) is 1.00. The SMILES string of the molecule is CCC[CH2][Ge]([CH2]CCC)[CH2]CC(CC)(CC)[O][Ge]([CH3])[CH3]. The van der Waals surface area contributed by atoms with Crippen LogP contribution >= 0.6 is 0 Å². The van der Waals surface area contributed by atoms with Gasteiger partial charge in [0.2, 0.25) is 0 Å². The summed E-state index contributed by atoms with van der Waals surface area (Å²) < 4.78 is 6.49. The van der Waals surface area contributed by atoms with E-state index in [9.17, 15) is 0 Å². The second-order valence-electron chi connectivity index (χ2n) is 6.36. The van der Waals surface area contributed by atoms with E-state index in [2.05, 4.69) is 39.2 Å². The van der Waals surface area contributed by atoms with Gasteiger partial charge in [-0.05, 0) is 0 Å². The van der Waals surface area contributed by atoms with E-state index in [0.29, 0.717) is 0 Å². The Bertz CT molecular complexity index is 207. The van der Waals surface area contributed by atoms with Crippen LogP contribution in [0.4, 0.5) is 0 Å². The molecule has 3 heteroatoms.